The van der Waals surface area contributed by atoms with E-state index in [0.717, 1.165) is 11.9 Å². The van der Waals surface area contributed by atoms with Crippen LogP contribution in [-0.2, 0) is 20.9 Å². The van der Waals surface area contributed by atoms with Crippen molar-refractivity contribution in [3.63, 3.8) is 0 Å². The van der Waals surface area contributed by atoms with E-state index in [0.29, 0.717) is 6.42 Å². The van der Waals surface area contributed by atoms with E-state index in [1.54, 1.807) is 0 Å². The van der Waals surface area contributed by atoms with Crippen molar-refractivity contribution < 1.29 is 19.1 Å². The summed E-state index contributed by atoms with van der Waals surface area (Å²) in [5.74, 6) is -0.460. The molecule has 0 saturated carbocycles. The molecule has 1 amide bonds. The number of hydrogen-bond donors (Lipinski definition) is 1. The fourth-order valence-corrected chi connectivity index (χ4v) is 1.59. The Morgan fingerprint density at radius 2 is 2.00 bits per heavy atom. The molecule has 0 bridgehead atoms. The zero-order chi connectivity index (χ0) is 14.1. The van der Waals surface area contributed by atoms with Crippen molar-refractivity contribution in [1.82, 2.24) is 5.32 Å². The van der Waals surface area contributed by atoms with Gasteiger partial charge in [-0.05, 0) is 12.0 Å². The SMILES string of the molecule is BCCC(NC(=O)OCc1ccccc1)C(=O)OC. The minimum Gasteiger partial charge on any atom is -0.467 e. The maximum atomic E-state index is 11.6. The fourth-order valence-electron chi connectivity index (χ4n) is 1.59. The third-order valence-electron chi connectivity index (χ3n) is 2.57. The van der Waals surface area contributed by atoms with Gasteiger partial charge in [0.25, 0.3) is 0 Å². The molecule has 0 spiro atoms. The Hall–Kier alpha value is -1.98. The maximum absolute atomic E-state index is 11.6. The van der Waals surface area contributed by atoms with Gasteiger partial charge in [0.15, 0.2) is 0 Å². The van der Waals surface area contributed by atoms with Crippen molar-refractivity contribution in [3.8, 4) is 0 Å². The van der Waals surface area contributed by atoms with Gasteiger partial charge in [0, 0.05) is 0 Å². The Morgan fingerprint density at radius 1 is 1.32 bits per heavy atom. The Balaban J connectivity index is 2.42. The summed E-state index contributed by atoms with van der Waals surface area (Å²) in [4.78, 5) is 23.0. The lowest BCUT2D eigenvalue weighted by atomic mass is 9.98. The average molecular weight is 263 g/mol. The number of benzene rings is 1. The number of rotatable bonds is 6. The molecule has 5 nitrogen and oxygen atoms in total. The molecule has 0 aliphatic heterocycles. The first-order chi connectivity index (χ1) is 9.17. The van der Waals surface area contributed by atoms with Crippen LogP contribution in [0.2, 0.25) is 6.32 Å². The second-order valence-corrected chi connectivity index (χ2v) is 4.07. The largest absolute Gasteiger partial charge is 0.467 e. The zero-order valence-electron chi connectivity index (χ0n) is 11.2. The number of ether oxygens (including phenoxy) is 2. The predicted molar refractivity (Wildman–Crippen MR) is 73.5 cm³/mol. The smallest absolute Gasteiger partial charge is 0.408 e. The normalized spacial score (nSPS) is 11.4. The van der Waals surface area contributed by atoms with Crippen LogP contribution in [0.3, 0.4) is 0 Å². The van der Waals surface area contributed by atoms with E-state index in [-0.39, 0.29) is 6.61 Å². The van der Waals surface area contributed by atoms with Gasteiger partial charge in [-0.25, -0.2) is 9.59 Å². The number of carbonyl (C=O) groups is 2. The van der Waals surface area contributed by atoms with Crippen LogP contribution in [0.4, 0.5) is 4.79 Å². The number of hydrogen-bond acceptors (Lipinski definition) is 4. The van der Waals surface area contributed by atoms with Gasteiger partial charge in [-0.3, -0.25) is 0 Å². The average Bonchev–Trinajstić information content (AvgIpc) is 2.45. The molecule has 0 heterocycles. The van der Waals surface area contributed by atoms with Gasteiger partial charge in [-0.2, -0.15) is 0 Å². The molecule has 0 saturated heterocycles. The fraction of sp³-hybridized carbons (Fsp3) is 0.385. The van der Waals surface area contributed by atoms with Crippen molar-refractivity contribution >= 4 is 19.9 Å². The highest BCUT2D eigenvalue weighted by Crippen LogP contribution is 2.02. The number of carbonyl (C=O) groups excluding carboxylic acids is 2. The highest BCUT2D eigenvalue weighted by atomic mass is 16.6. The van der Waals surface area contributed by atoms with Gasteiger partial charge < -0.3 is 14.8 Å². The molecule has 1 rings (SSSR count). The van der Waals surface area contributed by atoms with E-state index in [1.807, 2.05) is 38.2 Å². The van der Waals surface area contributed by atoms with Crippen LogP contribution in [0.1, 0.15) is 12.0 Å². The molecule has 0 aromatic heterocycles. The lowest BCUT2D eigenvalue weighted by Gasteiger charge is -2.15. The molecule has 1 atom stereocenters. The first-order valence-electron chi connectivity index (χ1n) is 6.22. The third kappa shape index (κ3) is 5.46. The quantitative estimate of drug-likeness (QED) is 0.611. The van der Waals surface area contributed by atoms with Crippen LogP contribution in [-0.4, -0.2) is 33.1 Å². The minimum absolute atomic E-state index is 0.173. The topological polar surface area (TPSA) is 64.6 Å². The van der Waals surface area contributed by atoms with Crippen molar-refractivity contribution in [2.75, 3.05) is 7.11 Å². The van der Waals surface area contributed by atoms with Gasteiger partial charge in [0.2, 0.25) is 0 Å². The van der Waals surface area contributed by atoms with Gasteiger partial charge in [-0.15, -0.1) is 0 Å². The Labute approximate surface area is 113 Å². The minimum atomic E-state index is -0.654. The van der Waals surface area contributed by atoms with E-state index in [2.05, 4.69) is 10.1 Å². The number of alkyl carbamates (subject to hydrolysis) is 1. The number of nitrogens with one attached hydrogen (secondary N) is 1. The molecule has 19 heavy (non-hydrogen) atoms. The van der Waals surface area contributed by atoms with E-state index >= 15 is 0 Å². The Bertz CT molecular complexity index is 410. The highest BCUT2D eigenvalue weighted by Gasteiger charge is 2.20. The van der Waals surface area contributed by atoms with E-state index in [1.165, 1.54) is 7.11 Å². The molecule has 6 heteroatoms. The van der Waals surface area contributed by atoms with Gasteiger partial charge in [-0.1, -0.05) is 36.7 Å². The number of methoxy groups -OCH3 is 1. The summed E-state index contributed by atoms with van der Waals surface area (Å²) >= 11 is 0. The summed E-state index contributed by atoms with van der Waals surface area (Å²) in [6.07, 6.45) is 0.666. The summed E-state index contributed by atoms with van der Waals surface area (Å²) in [6, 6.07) is 8.68. The van der Waals surface area contributed by atoms with Crippen LogP contribution in [0.15, 0.2) is 30.3 Å². The lowest BCUT2D eigenvalue weighted by Crippen LogP contribution is -2.41. The maximum Gasteiger partial charge on any atom is 0.408 e. The summed E-state index contributed by atoms with van der Waals surface area (Å²) in [6.45, 7) is 0.173. The third-order valence-corrected chi connectivity index (χ3v) is 2.57. The van der Waals surface area contributed by atoms with Crippen LogP contribution in [0, 0.1) is 0 Å². The highest BCUT2D eigenvalue weighted by molar-refractivity contribution is 6.08. The van der Waals surface area contributed by atoms with Gasteiger partial charge in [0.05, 0.1) is 7.11 Å². The van der Waals surface area contributed by atoms with Crippen molar-refractivity contribution in [1.29, 1.82) is 0 Å². The molecule has 1 aromatic carbocycles. The second kappa shape index (κ2) is 8.18. The molecule has 1 N–H and O–H groups in total. The lowest BCUT2D eigenvalue weighted by molar-refractivity contribution is -0.143. The standard InChI is InChI=1S/C13H18BNO4/c1-18-12(16)11(7-8-14)15-13(17)19-9-10-5-3-2-4-6-10/h2-6,11H,7-9,14H2,1H3,(H,15,17). The summed E-state index contributed by atoms with van der Waals surface area (Å²) in [7, 11) is 3.22. The van der Waals surface area contributed by atoms with Crippen LogP contribution < -0.4 is 5.32 Å². The molecule has 0 fully saturated rings. The molecular formula is C13H18BNO4. The van der Waals surface area contributed by atoms with E-state index in [4.69, 9.17) is 4.74 Å². The van der Waals surface area contributed by atoms with Crippen molar-refractivity contribution in [3.05, 3.63) is 35.9 Å². The predicted octanol–water partition coefficient (Wildman–Crippen LogP) is 0.896. The Kier molecular flexibility index (Phi) is 6.50. The molecule has 102 valence electrons. The van der Waals surface area contributed by atoms with E-state index in [9.17, 15) is 9.59 Å². The zero-order valence-corrected chi connectivity index (χ0v) is 11.2. The molecule has 0 aliphatic carbocycles. The second-order valence-electron chi connectivity index (χ2n) is 4.07. The first kappa shape index (κ1) is 15.1. The van der Waals surface area contributed by atoms with Crippen LogP contribution in [0.25, 0.3) is 0 Å². The molecule has 0 aliphatic rings. The Morgan fingerprint density at radius 3 is 2.58 bits per heavy atom. The van der Waals surface area contributed by atoms with Crippen LogP contribution in [0.5, 0.6) is 0 Å². The summed E-state index contributed by atoms with van der Waals surface area (Å²) < 4.78 is 9.66. The van der Waals surface area contributed by atoms with Crippen molar-refractivity contribution in [2.24, 2.45) is 0 Å². The summed E-state index contributed by atoms with van der Waals surface area (Å²) in [5, 5.41) is 2.50. The van der Waals surface area contributed by atoms with Crippen LogP contribution >= 0.6 is 0 Å². The first-order valence-corrected chi connectivity index (χ1v) is 6.22. The number of amides is 1. The summed E-state index contributed by atoms with van der Waals surface area (Å²) in [5.41, 5.74) is 0.891. The molecule has 1 unspecified atom stereocenters. The molecule has 1 aromatic rings. The number of esters is 1. The monoisotopic (exact) mass is 263 g/mol. The van der Waals surface area contributed by atoms with Gasteiger partial charge >= 0.3 is 12.1 Å². The van der Waals surface area contributed by atoms with E-state index < -0.39 is 18.1 Å². The van der Waals surface area contributed by atoms with Crippen molar-refractivity contribution in [2.45, 2.75) is 25.4 Å². The molecular weight excluding hydrogens is 245 g/mol. The van der Waals surface area contributed by atoms with Gasteiger partial charge in [0.1, 0.15) is 20.5 Å². The molecule has 0 radical (unpaired) electrons.